The van der Waals surface area contributed by atoms with Crippen LogP contribution in [0.1, 0.15) is 13.8 Å². The van der Waals surface area contributed by atoms with E-state index in [0.29, 0.717) is 0 Å². The number of nitrogens with two attached hydrogens (primary N) is 1. The van der Waals surface area contributed by atoms with E-state index < -0.39 is 36.5 Å². The first-order valence-electron chi connectivity index (χ1n) is 5.02. The first-order valence-corrected chi connectivity index (χ1v) is 5.02. The van der Waals surface area contributed by atoms with Crippen LogP contribution in [0.25, 0.3) is 0 Å². The molecule has 0 aliphatic carbocycles. The summed E-state index contributed by atoms with van der Waals surface area (Å²) in [6.07, 6.45) is -3.72. The van der Waals surface area contributed by atoms with Crippen LogP contribution in [0.5, 0.6) is 0 Å². The van der Waals surface area contributed by atoms with Crippen LogP contribution in [0.15, 0.2) is 0 Å². The molecule has 5 atom stereocenters. The summed E-state index contributed by atoms with van der Waals surface area (Å²) in [5, 5.41) is 19.3. The fourth-order valence-electron chi connectivity index (χ4n) is 1.97. The number of fused-ring (bicyclic) bond motifs is 1. The SMILES string of the molecule is CC1(C)O[C@H]2O[C@H]([C@H](O)CN)[C@@H](O)[C@@H]2O1. The van der Waals surface area contributed by atoms with E-state index in [9.17, 15) is 10.2 Å². The molecule has 88 valence electrons. The second-order valence-electron chi connectivity index (χ2n) is 4.36. The second-order valence-corrected chi connectivity index (χ2v) is 4.36. The van der Waals surface area contributed by atoms with E-state index in [1.54, 1.807) is 13.8 Å². The smallest absolute Gasteiger partial charge is 0.190 e. The van der Waals surface area contributed by atoms with E-state index in [4.69, 9.17) is 19.9 Å². The van der Waals surface area contributed by atoms with Gasteiger partial charge in [-0.05, 0) is 13.8 Å². The summed E-state index contributed by atoms with van der Waals surface area (Å²) >= 11 is 0. The topological polar surface area (TPSA) is 94.2 Å². The van der Waals surface area contributed by atoms with Gasteiger partial charge in [0.1, 0.15) is 18.3 Å². The molecule has 2 saturated heterocycles. The zero-order valence-electron chi connectivity index (χ0n) is 8.79. The Hall–Kier alpha value is -0.240. The molecule has 6 heteroatoms. The predicted molar refractivity (Wildman–Crippen MR) is 49.8 cm³/mol. The average Bonchev–Trinajstić information content (AvgIpc) is 2.60. The zero-order chi connectivity index (χ0) is 11.2. The second kappa shape index (κ2) is 3.65. The molecule has 0 radical (unpaired) electrons. The quantitative estimate of drug-likeness (QED) is 0.525. The highest BCUT2D eigenvalue weighted by Crippen LogP contribution is 2.37. The number of hydrogen-bond donors (Lipinski definition) is 3. The highest BCUT2D eigenvalue weighted by atomic mass is 16.8. The Bertz CT molecular complexity index is 247. The molecule has 15 heavy (non-hydrogen) atoms. The van der Waals surface area contributed by atoms with E-state index >= 15 is 0 Å². The lowest BCUT2D eigenvalue weighted by atomic mass is 10.1. The Morgan fingerprint density at radius 3 is 2.60 bits per heavy atom. The Morgan fingerprint density at radius 1 is 1.40 bits per heavy atom. The molecule has 2 aliphatic heterocycles. The van der Waals surface area contributed by atoms with Crippen LogP contribution in [0, 0.1) is 0 Å². The first-order chi connectivity index (χ1) is 6.94. The van der Waals surface area contributed by atoms with Crippen LogP contribution in [-0.2, 0) is 14.2 Å². The van der Waals surface area contributed by atoms with Gasteiger partial charge < -0.3 is 30.2 Å². The third-order valence-corrected chi connectivity index (χ3v) is 2.67. The molecule has 0 spiro atoms. The van der Waals surface area contributed by atoms with E-state index in [0.717, 1.165) is 0 Å². The van der Waals surface area contributed by atoms with Gasteiger partial charge in [0, 0.05) is 6.54 Å². The lowest BCUT2D eigenvalue weighted by Gasteiger charge is -2.25. The first kappa shape index (κ1) is 11.3. The molecule has 0 saturated carbocycles. The fraction of sp³-hybridized carbons (Fsp3) is 1.00. The molecular formula is C9H17NO5. The van der Waals surface area contributed by atoms with Gasteiger partial charge in [0.2, 0.25) is 0 Å². The molecule has 0 aromatic heterocycles. The molecule has 0 aromatic rings. The summed E-state index contributed by atoms with van der Waals surface area (Å²) in [5.41, 5.74) is 5.29. The van der Waals surface area contributed by atoms with Gasteiger partial charge in [-0.1, -0.05) is 0 Å². The van der Waals surface area contributed by atoms with Crippen molar-refractivity contribution in [3.63, 3.8) is 0 Å². The molecule has 0 amide bonds. The summed E-state index contributed by atoms with van der Waals surface area (Å²) < 4.78 is 16.2. The number of aliphatic hydroxyl groups excluding tert-OH is 2. The summed E-state index contributed by atoms with van der Waals surface area (Å²) in [6.45, 7) is 3.52. The molecule has 2 aliphatic rings. The highest BCUT2D eigenvalue weighted by Gasteiger charge is 2.55. The maximum absolute atomic E-state index is 9.85. The van der Waals surface area contributed by atoms with Gasteiger partial charge in [-0.2, -0.15) is 0 Å². The Kier molecular flexibility index (Phi) is 2.74. The van der Waals surface area contributed by atoms with Gasteiger partial charge in [-0.3, -0.25) is 0 Å². The Balaban J connectivity index is 2.05. The number of hydrogen-bond acceptors (Lipinski definition) is 6. The molecule has 0 unspecified atom stereocenters. The van der Waals surface area contributed by atoms with Crippen LogP contribution < -0.4 is 5.73 Å². The fourth-order valence-corrected chi connectivity index (χ4v) is 1.97. The summed E-state index contributed by atoms with van der Waals surface area (Å²) in [5.74, 6) is -0.755. The summed E-state index contributed by atoms with van der Waals surface area (Å²) in [6, 6.07) is 0. The van der Waals surface area contributed by atoms with Crippen LogP contribution in [0.2, 0.25) is 0 Å². The average molecular weight is 219 g/mol. The van der Waals surface area contributed by atoms with Crippen molar-refractivity contribution in [1.82, 2.24) is 0 Å². The van der Waals surface area contributed by atoms with E-state index in [2.05, 4.69) is 0 Å². The molecule has 2 heterocycles. The molecule has 6 nitrogen and oxygen atoms in total. The highest BCUT2D eigenvalue weighted by molar-refractivity contribution is 4.95. The lowest BCUT2D eigenvalue weighted by molar-refractivity contribution is -0.225. The van der Waals surface area contributed by atoms with Gasteiger partial charge in [-0.15, -0.1) is 0 Å². The zero-order valence-corrected chi connectivity index (χ0v) is 8.79. The molecule has 2 rings (SSSR count). The molecule has 2 fully saturated rings. The van der Waals surface area contributed by atoms with Crippen molar-refractivity contribution in [3.8, 4) is 0 Å². The normalized spacial score (nSPS) is 45.4. The standard InChI is InChI=1S/C9H17NO5/c1-9(2)14-7-5(12)6(4(11)3-10)13-8(7)15-9/h4-8,11-12H,3,10H2,1-2H3/t4-,5-,6-,7+,8-/m1/s1. The molecule has 4 N–H and O–H groups in total. The third kappa shape index (κ3) is 1.89. The van der Waals surface area contributed by atoms with Gasteiger partial charge in [-0.25, -0.2) is 0 Å². The Labute approximate surface area is 87.9 Å². The minimum atomic E-state index is -0.907. The lowest BCUT2D eigenvalue weighted by Crippen LogP contribution is -2.43. The van der Waals surface area contributed by atoms with Crippen molar-refractivity contribution < 1.29 is 24.4 Å². The van der Waals surface area contributed by atoms with Crippen molar-refractivity contribution in [3.05, 3.63) is 0 Å². The minimum absolute atomic E-state index is 0.0323. The largest absolute Gasteiger partial charge is 0.389 e. The van der Waals surface area contributed by atoms with E-state index in [1.807, 2.05) is 0 Å². The monoisotopic (exact) mass is 219 g/mol. The number of rotatable bonds is 2. The van der Waals surface area contributed by atoms with Crippen LogP contribution in [-0.4, -0.2) is 53.3 Å². The molecule has 0 bridgehead atoms. The molecule has 0 aromatic carbocycles. The van der Waals surface area contributed by atoms with Crippen molar-refractivity contribution in [1.29, 1.82) is 0 Å². The van der Waals surface area contributed by atoms with Gasteiger partial charge >= 0.3 is 0 Å². The Morgan fingerprint density at radius 2 is 2.07 bits per heavy atom. The minimum Gasteiger partial charge on any atom is -0.389 e. The van der Waals surface area contributed by atoms with Crippen molar-refractivity contribution in [2.75, 3.05) is 6.54 Å². The van der Waals surface area contributed by atoms with Crippen molar-refractivity contribution in [2.45, 2.75) is 50.3 Å². The van der Waals surface area contributed by atoms with Gasteiger partial charge in [0.25, 0.3) is 0 Å². The van der Waals surface area contributed by atoms with E-state index in [1.165, 1.54) is 0 Å². The van der Waals surface area contributed by atoms with Gasteiger partial charge in [0.15, 0.2) is 12.1 Å². The maximum Gasteiger partial charge on any atom is 0.190 e. The van der Waals surface area contributed by atoms with Gasteiger partial charge in [0.05, 0.1) is 6.10 Å². The molecular weight excluding hydrogens is 202 g/mol. The summed E-state index contributed by atoms with van der Waals surface area (Å²) in [4.78, 5) is 0. The van der Waals surface area contributed by atoms with E-state index in [-0.39, 0.29) is 6.54 Å². The van der Waals surface area contributed by atoms with Crippen molar-refractivity contribution in [2.24, 2.45) is 5.73 Å². The van der Waals surface area contributed by atoms with Crippen LogP contribution in [0.4, 0.5) is 0 Å². The summed E-state index contributed by atoms with van der Waals surface area (Å²) in [7, 11) is 0. The third-order valence-electron chi connectivity index (χ3n) is 2.67. The number of aliphatic hydroxyl groups is 2. The predicted octanol–water partition coefficient (Wildman–Crippen LogP) is -1.46. The van der Waals surface area contributed by atoms with Crippen LogP contribution in [0.3, 0.4) is 0 Å². The maximum atomic E-state index is 9.85. The van der Waals surface area contributed by atoms with Crippen LogP contribution >= 0.6 is 0 Å². The number of ether oxygens (including phenoxy) is 3. The van der Waals surface area contributed by atoms with Crippen molar-refractivity contribution >= 4 is 0 Å².